The van der Waals surface area contributed by atoms with E-state index in [0.29, 0.717) is 4.88 Å². The molecule has 0 bridgehead atoms. The molecule has 0 unspecified atom stereocenters. The van der Waals surface area contributed by atoms with Crippen LogP contribution in [0.1, 0.15) is 45.8 Å². The summed E-state index contributed by atoms with van der Waals surface area (Å²) in [5.41, 5.74) is 3.55. The van der Waals surface area contributed by atoms with Crippen molar-refractivity contribution in [3.63, 3.8) is 0 Å². The number of rotatable bonds is 4. The normalized spacial score (nSPS) is 15.5. The van der Waals surface area contributed by atoms with Gasteiger partial charge in [-0.05, 0) is 48.8 Å². The Kier molecular flexibility index (Phi) is 5.15. The van der Waals surface area contributed by atoms with E-state index in [1.807, 2.05) is 6.07 Å². The molecule has 0 atom stereocenters. The van der Waals surface area contributed by atoms with Crippen LogP contribution in [0.25, 0.3) is 0 Å². The van der Waals surface area contributed by atoms with E-state index in [2.05, 4.69) is 10.3 Å². The zero-order valence-corrected chi connectivity index (χ0v) is 15.0. The number of carbonyl (C=O) groups excluding carboxylic acids is 1. The van der Waals surface area contributed by atoms with E-state index in [-0.39, 0.29) is 4.21 Å². The first-order chi connectivity index (χ1) is 11.1. The molecular weight excluding hydrogens is 352 g/mol. The summed E-state index contributed by atoms with van der Waals surface area (Å²) < 4.78 is 24.2. The van der Waals surface area contributed by atoms with Gasteiger partial charge in [-0.3, -0.25) is 10.2 Å². The lowest BCUT2D eigenvalue weighted by Gasteiger charge is -2.07. The van der Waals surface area contributed by atoms with Crippen molar-refractivity contribution in [2.45, 2.75) is 42.7 Å². The third-order valence-electron chi connectivity index (χ3n) is 3.78. The van der Waals surface area contributed by atoms with Crippen molar-refractivity contribution < 1.29 is 13.2 Å². The Morgan fingerprint density at radius 1 is 1.13 bits per heavy atom. The highest BCUT2D eigenvalue weighted by Crippen LogP contribution is 2.28. The number of fused-ring (bicyclic) bond motifs is 1. The lowest BCUT2D eigenvalue weighted by molar-refractivity contribution is 0.0949. The molecular formula is C15H18N2O3S3. The molecule has 0 radical (unpaired) electrons. The van der Waals surface area contributed by atoms with Crippen LogP contribution in [0.15, 0.2) is 27.8 Å². The summed E-state index contributed by atoms with van der Waals surface area (Å²) in [4.78, 5) is 16.2. The Morgan fingerprint density at radius 3 is 2.65 bits per heavy atom. The minimum absolute atomic E-state index is 0.177. The molecule has 0 aromatic carbocycles. The fraction of sp³-hybridized carbons (Fsp3) is 0.400. The maximum atomic E-state index is 12.2. The second-order valence-corrected chi connectivity index (χ2v) is 9.46. The second-order valence-electron chi connectivity index (χ2n) is 5.46. The number of thiophene rings is 2. The molecule has 2 aromatic heterocycles. The summed E-state index contributed by atoms with van der Waals surface area (Å²) >= 11 is 2.57. The molecule has 0 saturated carbocycles. The van der Waals surface area contributed by atoms with Crippen LogP contribution < -0.4 is 10.3 Å². The van der Waals surface area contributed by atoms with Gasteiger partial charge in [-0.15, -0.1) is 27.5 Å². The Bertz CT molecular complexity index is 754. The highest BCUT2D eigenvalue weighted by atomic mass is 32.2. The van der Waals surface area contributed by atoms with Crippen LogP contribution in [-0.2, 0) is 22.9 Å². The summed E-state index contributed by atoms with van der Waals surface area (Å²) in [5.74, 6) is -0.401. The van der Waals surface area contributed by atoms with Crippen LogP contribution in [0, 0.1) is 0 Å². The molecule has 1 amide bonds. The molecule has 0 aliphatic heterocycles. The highest BCUT2D eigenvalue weighted by Gasteiger charge is 2.19. The fourth-order valence-corrected chi connectivity index (χ4v) is 5.58. The molecule has 2 N–H and O–H groups in total. The summed E-state index contributed by atoms with van der Waals surface area (Å²) in [5, 5.41) is 1.68. The van der Waals surface area contributed by atoms with Crippen molar-refractivity contribution in [3.8, 4) is 0 Å². The van der Waals surface area contributed by atoms with Crippen molar-refractivity contribution >= 4 is 38.6 Å². The SMILES string of the molecule is O=C(NNS(=O)(=O)c1cccs1)c1cc2c(s1)CCCCCC2. The van der Waals surface area contributed by atoms with Gasteiger partial charge in [-0.1, -0.05) is 18.9 Å². The number of amides is 1. The van der Waals surface area contributed by atoms with Crippen LogP contribution in [-0.4, -0.2) is 14.3 Å². The van der Waals surface area contributed by atoms with Crippen LogP contribution in [0.4, 0.5) is 0 Å². The van der Waals surface area contributed by atoms with Gasteiger partial charge in [0.2, 0.25) is 0 Å². The summed E-state index contributed by atoms with van der Waals surface area (Å²) in [6.45, 7) is 0. The molecule has 3 rings (SSSR count). The first-order valence-corrected chi connectivity index (χ1v) is 10.7. The largest absolute Gasteiger partial charge is 0.276 e. The Morgan fingerprint density at radius 2 is 1.91 bits per heavy atom. The maximum Gasteiger partial charge on any atom is 0.276 e. The van der Waals surface area contributed by atoms with Gasteiger partial charge in [0.1, 0.15) is 4.21 Å². The molecule has 0 spiro atoms. The van der Waals surface area contributed by atoms with E-state index in [9.17, 15) is 13.2 Å². The number of hydrogen-bond acceptors (Lipinski definition) is 5. The van der Waals surface area contributed by atoms with Gasteiger partial charge in [0.05, 0.1) is 4.88 Å². The third-order valence-corrected chi connectivity index (χ3v) is 7.66. The average molecular weight is 371 g/mol. The molecule has 1 aliphatic carbocycles. The van der Waals surface area contributed by atoms with Crippen molar-refractivity contribution in [1.82, 2.24) is 10.3 Å². The Labute approximate surface area is 143 Å². The summed E-state index contributed by atoms with van der Waals surface area (Å²) in [6.07, 6.45) is 6.78. The molecule has 2 aromatic rings. The summed E-state index contributed by atoms with van der Waals surface area (Å²) in [7, 11) is -3.69. The van der Waals surface area contributed by atoms with Crippen molar-refractivity contribution in [2.75, 3.05) is 0 Å². The van der Waals surface area contributed by atoms with Gasteiger partial charge >= 0.3 is 0 Å². The molecule has 1 aliphatic rings. The lowest BCUT2D eigenvalue weighted by atomic mass is 10.00. The quantitative estimate of drug-likeness (QED) is 0.812. The standard InChI is InChI=1S/C15H18N2O3S3/c18-15(16-17-23(19,20)14-8-5-9-21-14)13-10-11-6-3-1-2-4-7-12(11)22-13/h5,8-10,17H,1-4,6-7H2,(H,16,18). The van der Waals surface area contributed by atoms with Gasteiger partial charge in [0.25, 0.3) is 15.9 Å². The molecule has 0 fully saturated rings. The lowest BCUT2D eigenvalue weighted by Crippen LogP contribution is -2.40. The number of hydrazine groups is 1. The monoisotopic (exact) mass is 370 g/mol. The van der Waals surface area contributed by atoms with Gasteiger partial charge in [-0.25, -0.2) is 8.42 Å². The molecule has 0 saturated heterocycles. The fourth-order valence-electron chi connectivity index (χ4n) is 2.60. The number of sulfonamides is 1. The highest BCUT2D eigenvalue weighted by molar-refractivity contribution is 7.91. The molecule has 23 heavy (non-hydrogen) atoms. The topological polar surface area (TPSA) is 75.3 Å². The number of nitrogens with one attached hydrogen (secondary N) is 2. The minimum atomic E-state index is -3.69. The van der Waals surface area contributed by atoms with Crippen molar-refractivity contribution in [1.29, 1.82) is 0 Å². The molecule has 8 heteroatoms. The Hall–Kier alpha value is -1.22. The van der Waals surface area contributed by atoms with Crippen LogP contribution in [0.5, 0.6) is 0 Å². The third kappa shape index (κ3) is 4.00. The zero-order valence-electron chi connectivity index (χ0n) is 12.5. The second kappa shape index (κ2) is 7.12. The van der Waals surface area contributed by atoms with E-state index in [1.165, 1.54) is 40.7 Å². The zero-order chi connectivity index (χ0) is 16.3. The number of aryl methyl sites for hydroxylation is 2. The first-order valence-electron chi connectivity index (χ1n) is 7.53. The van der Waals surface area contributed by atoms with Gasteiger partial charge in [-0.2, -0.15) is 0 Å². The summed E-state index contributed by atoms with van der Waals surface area (Å²) in [6, 6.07) is 5.05. The van der Waals surface area contributed by atoms with Crippen molar-refractivity contribution in [2.24, 2.45) is 0 Å². The average Bonchev–Trinajstić information content (AvgIpc) is 3.15. The number of carbonyl (C=O) groups is 1. The van der Waals surface area contributed by atoms with Crippen LogP contribution >= 0.6 is 22.7 Å². The number of hydrogen-bond donors (Lipinski definition) is 2. The molecule has 5 nitrogen and oxygen atoms in total. The smallest absolute Gasteiger partial charge is 0.273 e. The molecule has 2 heterocycles. The van der Waals surface area contributed by atoms with Crippen LogP contribution in [0.3, 0.4) is 0 Å². The van der Waals surface area contributed by atoms with Crippen molar-refractivity contribution in [3.05, 3.63) is 38.9 Å². The van der Waals surface area contributed by atoms with Gasteiger partial charge in [0.15, 0.2) is 0 Å². The van der Waals surface area contributed by atoms with E-state index < -0.39 is 15.9 Å². The van der Waals surface area contributed by atoms with E-state index in [0.717, 1.165) is 37.0 Å². The van der Waals surface area contributed by atoms with E-state index in [1.54, 1.807) is 11.4 Å². The first kappa shape index (κ1) is 16.6. The minimum Gasteiger partial charge on any atom is -0.273 e. The Balaban J connectivity index is 1.68. The predicted octanol–water partition coefficient (Wildman–Crippen LogP) is 3.09. The molecule has 124 valence electrons. The van der Waals surface area contributed by atoms with E-state index >= 15 is 0 Å². The van der Waals surface area contributed by atoms with Gasteiger partial charge in [0, 0.05) is 4.88 Å². The van der Waals surface area contributed by atoms with E-state index in [4.69, 9.17) is 0 Å². The predicted molar refractivity (Wildman–Crippen MR) is 92.3 cm³/mol. The van der Waals surface area contributed by atoms with Gasteiger partial charge < -0.3 is 0 Å². The van der Waals surface area contributed by atoms with Crippen LogP contribution in [0.2, 0.25) is 0 Å². The maximum absolute atomic E-state index is 12.2.